The van der Waals surface area contributed by atoms with E-state index in [1.807, 2.05) is 0 Å². The monoisotopic (exact) mass is 266 g/mol. The first-order valence-electron chi connectivity index (χ1n) is 6.97. The van der Waals surface area contributed by atoms with Crippen LogP contribution in [0.1, 0.15) is 56.7 Å². The number of ether oxygens (including phenoxy) is 1. The van der Waals surface area contributed by atoms with E-state index in [4.69, 9.17) is 9.72 Å². The average Bonchev–Trinajstić information content (AvgIpc) is 2.87. The highest BCUT2D eigenvalue weighted by Crippen LogP contribution is 2.41. The number of nitrogens with one attached hydrogen (secondary N) is 1. The van der Waals surface area contributed by atoms with Crippen molar-refractivity contribution in [1.82, 2.24) is 10.3 Å². The fraction of sp³-hybridized carbons (Fsp3) is 0.786. The van der Waals surface area contributed by atoms with Gasteiger partial charge in [0, 0.05) is 18.0 Å². The van der Waals surface area contributed by atoms with Crippen molar-refractivity contribution >= 4 is 11.3 Å². The molecular weight excluding hydrogens is 244 g/mol. The van der Waals surface area contributed by atoms with Crippen molar-refractivity contribution in [2.45, 2.75) is 63.6 Å². The van der Waals surface area contributed by atoms with Gasteiger partial charge >= 0.3 is 0 Å². The van der Waals surface area contributed by atoms with Gasteiger partial charge in [-0.05, 0) is 32.1 Å². The van der Waals surface area contributed by atoms with Gasteiger partial charge in [0.15, 0.2) is 0 Å². The van der Waals surface area contributed by atoms with Crippen LogP contribution in [0.25, 0.3) is 0 Å². The molecule has 100 valence electrons. The molecule has 0 spiro atoms. The van der Waals surface area contributed by atoms with Crippen LogP contribution < -0.4 is 5.32 Å². The molecule has 2 aliphatic rings. The second-order valence-electron chi connectivity index (χ2n) is 5.89. The zero-order valence-electron chi connectivity index (χ0n) is 11.4. The van der Waals surface area contributed by atoms with Crippen molar-refractivity contribution < 1.29 is 4.74 Å². The molecule has 2 fully saturated rings. The predicted octanol–water partition coefficient (Wildman–Crippen LogP) is 3.02. The lowest BCUT2D eigenvalue weighted by Gasteiger charge is -2.31. The lowest BCUT2D eigenvalue weighted by atomic mass is 9.92. The Morgan fingerprint density at radius 3 is 2.78 bits per heavy atom. The average molecular weight is 266 g/mol. The molecule has 18 heavy (non-hydrogen) atoms. The predicted molar refractivity (Wildman–Crippen MR) is 74.1 cm³/mol. The van der Waals surface area contributed by atoms with Gasteiger partial charge in [-0.1, -0.05) is 13.8 Å². The van der Waals surface area contributed by atoms with Gasteiger partial charge in [-0.15, -0.1) is 11.3 Å². The Bertz CT molecular complexity index is 427. The standard InChI is InChI=1S/C14H22N2OS/c1-9(2)12-8-18-13(15-12)14(16-11-4-5-11)6-7-17-10(14)3/h8-11,16H,4-7H2,1-3H3. The first kappa shape index (κ1) is 12.6. The molecule has 1 saturated carbocycles. The van der Waals surface area contributed by atoms with Gasteiger partial charge < -0.3 is 10.1 Å². The van der Waals surface area contributed by atoms with E-state index in [1.165, 1.54) is 23.5 Å². The van der Waals surface area contributed by atoms with E-state index in [9.17, 15) is 0 Å². The number of rotatable bonds is 4. The third-order valence-electron chi connectivity index (χ3n) is 4.09. The minimum atomic E-state index is -0.0288. The molecule has 1 aliphatic carbocycles. The summed E-state index contributed by atoms with van der Waals surface area (Å²) >= 11 is 1.79. The molecule has 2 heterocycles. The van der Waals surface area contributed by atoms with E-state index in [2.05, 4.69) is 31.5 Å². The summed E-state index contributed by atoms with van der Waals surface area (Å²) < 4.78 is 5.83. The fourth-order valence-corrected chi connectivity index (χ4v) is 3.88. The lowest BCUT2D eigenvalue weighted by Crippen LogP contribution is -2.48. The van der Waals surface area contributed by atoms with Crippen LogP contribution in [0.2, 0.25) is 0 Å². The van der Waals surface area contributed by atoms with Crippen molar-refractivity contribution in [3.05, 3.63) is 16.1 Å². The fourth-order valence-electron chi connectivity index (χ4n) is 2.62. The summed E-state index contributed by atoms with van der Waals surface area (Å²) in [7, 11) is 0. The maximum atomic E-state index is 5.83. The second-order valence-corrected chi connectivity index (χ2v) is 6.74. The third kappa shape index (κ3) is 2.10. The Morgan fingerprint density at radius 2 is 2.28 bits per heavy atom. The summed E-state index contributed by atoms with van der Waals surface area (Å²) in [5.41, 5.74) is 1.19. The van der Waals surface area contributed by atoms with E-state index in [0.29, 0.717) is 12.0 Å². The molecule has 0 radical (unpaired) electrons. The Balaban J connectivity index is 1.91. The van der Waals surface area contributed by atoms with Crippen LogP contribution in [0.15, 0.2) is 5.38 Å². The maximum Gasteiger partial charge on any atom is 0.116 e. The van der Waals surface area contributed by atoms with E-state index in [-0.39, 0.29) is 11.6 Å². The molecule has 3 rings (SSSR count). The molecule has 2 atom stereocenters. The van der Waals surface area contributed by atoms with Crippen molar-refractivity contribution in [3.63, 3.8) is 0 Å². The van der Waals surface area contributed by atoms with Crippen molar-refractivity contribution in [3.8, 4) is 0 Å². The van der Waals surface area contributed by atoms with E-state index in [0.717, 1.165) is 13.0 Å². The Hall–Kier alpha value is -0.450. The number of hydrogen-bond acceptors (Lipinski definition) is 4. The molecule has 1 N–H and O–H groups in total. The van der Waals surface area contributed by atoms with Gasteiger partial charge in [0.25, 0.3) is 0 Å². The summed E-state index contributed by atoms with van der Waals surface area (Å²) in [6.45, 7) is 7.43. The Kier molecular flexibility index (Phi) is 3.20. The summed E-state index contributed by atoms with van der Waals surface area (Å²) in [5, 5.41) is 7.24. The highest BCUT2D eigenvalue weighted by molar-refractivity contribution is 7.09. The smallest absolute Gasteiger partial charge is 0.116 e. The number of thiazole rings is 1. The third-order valence-corrected chi connectivity index (χ3v) is 5.13. The highest BCUT2D eigenvalue weighted by Gasteiger charge is 2.48. The molecule has 0 amide bonds. The first-order valence-corrected chi connectivity index (χ1v) is 7.85. The molecule has 1 saturated heterocycles. The van der Waals surface area contributed by atoms with Gasteiger partial charge in [-0.3, -0.25) is 0 Å². The second kappa shape index (κ2) is 4.58. The van der Waals surface area contributed by atoms with Gasteiger partial charge in [0.1, 0.15) is 5.01 Å². The molecular formula is C14H22N2OS. The first-order chi connectivity index (χ1) is 8.62. The normalized spacial score (nSPS) is 32.3. The Morgan fingerprint density at radius 1 is 1.50 bits per heavy atom. The lowest BCUT2D eigenvalue weighted by molar-refractivity contribution is 0.0809. The molecule has 1 aromatic heterocycles. The molecule has 3 nitrogen and oxygen atoms in total. The maximum absolute atomic E-state index is 5.83. The van der Waals surface area contributed by atoms with Crippen LogP contribution in [0.5, 0.6) is 0 Å². The minimum absolute atomic E-state index is 0.0288. The van der Waals surface area contributed by atoms with Crippen LogP contribution in [0, 0.1) is 0 Å². The quantitative estimate of drug-likeness (QED) is 0.909. The van der Waals surface area contributed by atoms with Gasteiger partial charge in [0.2, 0.25) is 0 Å². The summed E-state index contributed by atoms with van der Waals surface area (Å²) in [6.07, 6.45) is 3.88. The van der Waals surface area contributed by atoms with Crippen LogP contribution in [-0.4, -0.2) is 23.7 Å². The van der Waals surface area contributed by atoms with Gasteiger partial charge in [-0.25, -0.2) is 4.98 Å². The minimum Gasteiger partial charge on any atom is -0.376 e. The summed E-state index contributed by atoms with van der Waals surface area (Å²) in [4.78, 5) is 4.87. The molecule has 0 bridgehead atoms. The largest absolute Gasteiger partial charge is 0.376 e. The Labute approximate surface area is 113 Å². The number of nitrogens with zero attached hydrogens (tertiary/aromatic N) is 1. The molecule has 0 aromatic carbocycles. The van der Waals surface area contributed by atoms with E-state index < -0.39 is 0 Å². The van der Waals surface area contributed by atoms with Crippen molar-refractivity contribution in [2.75, 3.05) is 6.61 Å². The zero-order chi connectivity index (χ0) is 12.8. The molecule has 2 unspecified atom stereocenters. The molecule has 4 heteroatoms. The number of aromatic nitrogens is 1. The van der Waals surface area contributed by atoms with Gasteiger partial charge in [-0.2, -0.15) is 0 Å². The molecule has 1 aliphatic heterocycles. The van der Waals surface area contributed by atoms with Crippen LogP contribution in [0.3, 0.4) is 0 Å². The van der Waals surface area contributed by atoms with Crippen molar-refractivity contribution in [2.24, 2.45) is 0 Å². The van der Waals surface area contributed by atoms with Crippen molar-refractivity contribution in [1.29, 1.82) is 0 Å². The topological polar surface area (TPSA) is 34.1 Å². The van der Waals surface area contributed by atoms with Gasteiger partial charge in [0.05, 0.1) is 17.3 Å². The number of hydrogen-bond donors (Lipinski definition) is 1. The van der Waals surface area contributed by atoms with E-state index in [1.54, 1.807) is 11.3 Å². The summed E-state index contributed by atoms with van der Waals surface area (Å²) in [5.74, 6) is 0.505. The van der Waals surface area contributed by atoms with Crippen LogP contribution in [-0.2, 0) is 10.3 Å². The van der Waals surface area contributed by atoms with Crippen LogP contribution >= 0.6 is 11.3 Å². The highest BCUT2D eigenvalue weighted by atomic mass is 32.1. The SMILES string of the molecule is CC(C)c1csc(C2(NC3CC3)CCOC2C)n1. The summed E-state index contributed by atoms with van der Waals surface area (Å²) in [6, 6.07) is 0.681. The zero-order valence-corrected chi connectivity index (χ0v) is 12.2. The van der Waals surface area contributed by atoms with E-state index >= 15 is 0 Å². The molecule has 1 aromatic rings. The van der Waals surface area contributed by atoms with Crippen LogP contribution in [0.4, 0.5) is 0 Å².